The van der Waals surface area contributed by atoms with E-state index in [1.165, 1.54) is 12.1 Å². The van der Waals surface area contributed by atoms with Crippen LogP contribution in [0.2, 0.25) is 0 Å². The molecule has 10 nitrogen and oxygen atoms in total. The fourth-order valence-corrected chi connectivity index (χ4v) is 3.36. The minimum Gasteiger partial charge on any atom is -0.733 e. The van der Waals surface area contributed by atoms with Crippen molar-refractivity contribution in [3.05, 3.63) is 59.0 Å². The lowest BCUT2D eigenvalue weighted by Crippen LogP contribution is -2.24. The first kappa shape index (κ1) is 18.6. The summed E-state index contributed by atoms with van der Waals surface area (Å²) in [4.78, 5) is 6.37. The molecule has 3 heterocycles. The molecule has 2 atom stereocenters. The van der Waals surface area contributed by atoms with Gasteiger partial charge in [0.15, 0.2) is 0 Å². The number of hydrogen-bond donors (Lipinski definition) is 3. The SMILES string of the molecule is [O-]N(O)c1cccc(-c2noc([C@H]3C[C@@H](O)CN3Cc3ccc(CO)o3)n2)c1. The van der Waals surface area contributed by atoms with Crippen molar-refractivity contribution in [2.45, 2.75) is 31.7 Å². The van der Waals surface area contributed by atoms with Crippen molar-refractivity contribution in [3.8, 4) is 11.4 Å². The van der Waals surface area contributed by atoms with E-state index in [2.05, 4.69) is 10.1 Å². The van der Waals surface area contributed by atoms with Gasteiger partial charge in [-0.15, -0.1) is 0 Å². The standard InChI is InChI=1S/C18H19N4O6/c23-10-15-5-4-14(27-15)9-21-8-13(24)7-16(21)18-19-17(20-28-18)11-2-1-3-12(6-11)22(25)26/h1-6,13,16,23-25H,7-10H2/q-1/t13-,16-/m1/s1. The van der Waals surface area contributed by atoms with Crippen LogP contribution in [0, 0.1) is 5.21 Å². The molecule has 2 aromatic heterocycles. The number of likely N-dealkylation sites (tertiary alicyclic amines) is 1. The maximum Gasteiger partial charge on any atom is 0.244 e. The van der Waals surface area contributed by atoms with Gasteiger partial charge in [-0.25, -0.2) is 0 Å². The van der Waals surface area contributed by atoms with Crippen molar-refractivity contribution in [3.63, 3.8) is 0 Å². The quantitative estimate of drug-likeness (QED) is 0.536. The summed E-state index contributed by atoms with van der Waals surface area (Å²) in [6.45, 7) is 0.667. The van der Waals surface area contributed by atoms with Crippen LogP contribution in [0.25, 0.3) is 11.4 Å². The second-order valence-corrected chi connectivity index (χ2v) is 6.64. The zero-order valence-corrected chi connectivity index (χ0v) is 14.8. The van der Waals surface area contributed by atoms with E-state index in [4.69, 9.17) is 19.3 Å². The van der Waals surface area contributed by atoms with Crippen LogP contribution in [-0.2, 0) is 13.2 Å². The number of rotatable bonds is 6. The van der Waals surface area contributed by atoms with Crippen LogP contribution < -0.4 is 5.23 Å². The van der Waals surface area contributed by atoms with Gasteiger partial charge in [-0.2, -0.15) is 4.98 Å². The third kappa shape index (κ3) is 3.77. The zero-order valence-electron chi connectivity index (χ0n) is 14.8. The summed E-state index contributed by atoms with van der Waals surface area (Å²) in [5.41, 5.74) is 0.574. The minimum absolute atomic E-state index is 0.0549. The van der Waals surface area contributed by atoms with Gasteiger partial charge in [0.05, 0.1) is 24.4 Å². The van der Waals surface area contributed by atoms with Gasteiger partial charge in [0, 0.05) is 12.1 Å². The molecule has 1 saturated heterocycles. The summed E-state index contributed by atoms with van der Waals surface area (Å²) in [5.74, 6) is 1.76. The van der Waals surface area contributed by atoms with Gasteiger partial charge < -0.3 is 29.6 Å². The highest BCUT2D eigenvalue weighted by Gasteiger charge is 2.36. The Bertz CT molecular complexity index is 940. The summed E-state index contributed by atoms with van der Waals surface area (Å²) in [6, 6.07) is 9.39. The van der Waals surface area contributed by atoms with Crippen molar-refractivity contribution in [1.82, 2.24) is 15.0 Å². The topological polar surface area (TPSA) is 142 Å². The minimum atomic E-state index is -0.542. The molecular formula is C18H19N4O6-. The van der Waals surface area contributed by atoms with Gasteiger partial charge in [-0.1, -0.05) is 17.3 Å². The van der Waals surface area contributed by atoms with Crippen LogP contribution in [-0.4, -0.2) is 43.1 Å². The van der Waals surface area contributed by atoms with Crippen LogP contribution >= 0.6 is 0 Å². The van der Waals surface area contributed by atoms with Gasteiger partial charge in [0.2, 0.25) is 11.7 Å². The first-order chi connectivity index (χ1) is 13.5. The molecule has 1 aliphatic rings. The number of nitrogens with zero attached hydrogens (tertiary/aromatic N) is 4. The summed E-state index contributed by atoms with van der Waals surface area (Å²) in [6.07, 6.45) is -0.111. The van der Waals surface area contributed by atoms with E-state index in [0.29, 0.717) is 42.5 Å². The van der Waals surface area contributed by atoms with Crippen LogP contribution in [0.1, 0.15) is 29.9 Å². The monoisotopic (exact) mass is 387 g/mol. The molecule has 3 N–H and O–H groups in total. The predicted molar refractivity (Wildman–Crippen MR) is 95.8 cm³/mol. The Hall–Kier alpha value is -2.76. The lowest BCUT2D eigenvalue weighted by atomic mass is 10.2. The molecule has 0 saturated carbocycles. The fourth-order valence-electron chi connectivity index (χ4n) is 3.36. The Morgan fingerprint density at radius 1 is 1.25 bits per heavy atom. The highest BCUT2D eigenvalue weighted by atomic mass is 16.8. The molecular weight excluding hydrogens is 368 g/mol. The summed E-state index contributed by atoms with van der Waals surface area (Å²) in [7, 11) is 0. The molecule has 0 amide bonds. The van der Waals surface area contributed by atoms with E-state index in [1.807, 2.05) is 4.90 Å². The zero-order chi connectivity index (χ0) is 19.7. The average Bonchev–Trinajstić information content (AvgIpc) is 3.42. The summed E-state index contributed by atoms with van der Waals surface area (Å²) >= 11 is 0. The Morgan fingerprint density at radius 2 is 2.07 bits per heavy atom. The highest BCUT2D eigenvalue weighted by Crippen LogP contribution is 2.34. The second kappa shape index (κ2) is 7.70. The lowest BCUT2D eigenvalue weighted by molar-refractivity contribution is 0.160. The molecule has 4 rings (SSSR count). The number of furan rings is 1. The molecule has 1 fully saturated rings. The molecule has 0 radical (unpaired) electrons. The van der Waals surface area contributed by atoms with E-state index in [-0.39, 0.29) is 29.4 Å². The summed E-state index contributed by atoms with van der Waals surface area (Å²) in [5, 5.41) is 43.1. The number of benzene rings is 1. The number of anilines is 1. The predicted octanol–water partition coefficient (Wildman–Crippen LogP) is 1.82. The van der Waals surface area contributed by atoms with Crippen LogP contribution in [0.5, 0.6) is 0 Å². The van der Waals surface area contributed by atoms with Crippen molar-refractivity contribution >= 4 is 5.69 Å². The van der Waals surface area contributed by atoms with Crippen molar-refractivity contribution < 1.29 is 24.4 Å². The number of aromatic nitrogens is 2. The third-order valence-electron chi connectivity index (χ3n) is 4.67. The number of aliphatic hydroxyl groups is 2. The fraction of sp³-hybridized carbons (Fsp3) is 0.333. The van der Waals surface area contributed by atoms with Crippen LogP contribution in [0.4, 0.5) is 5.69 Å². The molecule has 0 bridgehead atoms. The molecule has 1 aliphatic heterocycles. The van der Waals surface area contributed by atoms with E-state index in [0.717, 1.165) is 0 Å². The number of hydrogen-bond acceptors (Lipinski definition) is 10. The molecule has 28 heavy (non-hydrogen) atoms. The van der Waals surface area contributed by atoms with E-state index in [1.54, 1.807) is 24.3 Å². The van der Waals surface area contributed by atoms with E-state index in [9.17, 15) is 10.3 Å². The molecule has 10 heteroatoms. The number of aliphatic hydroxyl groups excluding tert-OH is 2. The van der Waals surface area contributed by atoms with Gasteiger partial charge in [-0.05, 0) is 30.7 Å². The molecule has 0 aliphatic carbocycles. The average molecular weight is 387 g/mol. The largest absolute Gasteiger partial charge is 0.733 e. The number of β-amino-alcohol motifs (C(OH)–C–C–N with tert-alkyl or cyclic N) is 1. The molecule has 148 valence electrons. The molecule has 0 unspecified atom stereocenters. The lowest BCUT2D eigenvalue weighted by Gasteiger charge is -2.21. The maximum absolute atomic E-state index is 11.1. The van der Waals surface area contributed by atoms with Crippen molar-refractivity contribution in [2.24, 2.45) is 0 Å². The third-order valence-corrected chi connectivity index (χ3v) is 4.67. The Labute approximate surface area is 159 Å². The van der Waals surface area contributed by atoms with E-state index >= 15 is 0 Å². The van der Waals surface area contributed by atoms with Gasteiger partial charge >= 0.3 is 0 Å². The second-order valence-electron chi connectivity index (χ2n) is 6.64. The molecule has 0 spiro atoms. The molecule has 3 aromatic rings. The van der Waals surface area contributed by atoms with Crippen molar-refractivity contribution in [1.29, 1.82) is 0 Å². The first-order valence-corrected chi connectivity index (χ1v) is 8.74. The Kier molecular flexibility index (Phi) is 5.11. The Morgan fingerprint density at radius 3 is 2.82 bits per heavy atom. The van der Waals surface area contributed by atoms with Gasteiger partial charge in [0.1, 0.15) is 18.1 Å². The summed E-state index contributed by atoms with van der Waals surface area (Å²) < 4.78 is 10.9. The van der Waals surface area contributed by atoms with Crippen LogP contribution in [0.3, 0.4) is 0 Å². The van der Waals surface area contributed by atoms with Gasteiger partial charge in [0.25, 0.3) is 0 Å². The van der Waals surface area contributed by atoms with E-state index < -0.39 is 6.10 Å². The smallest absolute Gasteiger partial charge is 0.244 e. The van der Waals surface area contributed by atoms with Gasteiger partial charge in [-0.3, -0.25) is 10.1 Å². The molecule has 1 aromatic carbocycles. The first-order valence-electron chi connectivity index (χ1n) is 8.74. The highest BCUT2D eigenvalue weighted by molar-refractivity contribution is 5.62. The van der Waals surface area contributed by atoms with Crippen molar-refractivity contribution in [2.75, 3.05) is 11.8 Å². The Balaban J connectivity index is 1.55. The maximum atomic E-state index is 11.1. The van der Waals surface area contributed by atoms with Crippen LogP contribution in [0.15, 0.2) is 45.3 Å². The normalized spacial score (nSPS) is 20.0.